The van der Waals surface area contributed by atoms with Crippen LogP contribution in [-0.4, -0.2) is 17.5 Å². The number of ether oxygens (including phenoxy) is 1. The van der Waals surface area contributed by atoms with Crippen LogP contribution >= 0.6 is 22.9 Å². The molecule has 30 heavy (non-hydrogen) atoms. The Bertz CT molecular complexity index is 1240. The number of carbonyl (C=O) groups is 1. The Morgan fingerprint density at radius 1 is 1.23 bits per heavy atom. The van der Waals surface area contributed by atoms with Crippen molar-refractivity contribution in [3.8, 4) is 17.1 Å². The Hall–Kier alpha value is -3.09. The van der Waals surface area contributed by atoms with Gasteiger partial charge in [-0.05, 0) is 61.9 Å². The molecule has 0 unspecified atom stereocenters. The van der Waals surface area contributed by atoms with Crippen molar-refractivity contribution in [1.82, 2.24) is 4.98 Å². The summed E-state index contributed by atoms with van der Waals surface area (Å²) in [4.78, 5) is 16.7. The molecule has 2 aromatic heterocycles. The Kier molecular flexibility index (Phi) is 5.88. The van der Waals surface area contributed by atoms with Crippen LogP contribution in [0.15, 0.2) is 59.0 Å². The van der Waals surface area contributed by atoms with E-state index >= 15 is 0 Å². The predicted octanol–water partition coefficient (Wildman–Crippen LogP) is 6.57. The molecule has 0 atom stereocenters. The topological polar surface area (TPSA) is 64.4 Å². The van der Waals surface area contributed by atoms with Crippen LogP contribution < -0.4 is 10.1 Å². The normalized spacial score (nSPS) is 11.3. The fraction of sp³-hybridized carbons (Fsp3) is 0.130. The van der Waals surface area contributed by atoms with Gasteiger partial charge in [0.1, 0.15) is 17.3 Å². The zero-order valence-corrected chi connectivity index (χ0v) is 18.0. The van der Waals surface area contributed by atoms with Gasteiger partial charge in [0, 0.05) is 16.7 Å². The number of halogens is 1. The Morgan fingerprint density at radius 3 is 2.90 bits per heavy atom. The van der Waals surface area contributed by atoms with Crippen LogP contribution in [0.5, 0.6) is 5.75 Å². The summed E-state index contributed by atoms with van der Waals surface area (Å²) in [6.45, 7) is 4.49. The lowest BCUT2D eigenvalue weighted by Gasteiger charge is -2.00. The van der Waals surface area contributed by atoms with Gasteiger partial charge in [-0.3, -0.25) is 10.1 Å². The van der Waals surface area contributed by atoms with Gasteiger partial charge in [0.25, 0.3) is 0 Å². The van der Waals surface area contributed by atoms with Gasteiger partial charge < -0.3 is 9.15 Å². The quantitative estimate of drug-likeness (QED) is 0.346. The van der Waals surface area contributed by atoms with Gasteiger partial charge in [-0.2, -0.15) is 0 Å². The predicted molar refractivity (Wildman–Crippen MR) is 122 cm³/mol. The lowest BCUT2D eigenvalue weighted by molar-refractivity contribution is -0.111. The van der Waals surface area contributed by atoms with E-state index in [-0.39, 0.29) is 5.91 Å². The van der Waals surface area contributed by atoms with E-state index in [2.05, 4.69) is 10.3 Å². The Morgan fingerprint density at radius 2 is 2.10 bits per heavy atom. The second-order valence-electron chi connectivity index (χ2n) is 6.57. The van der Waals surface area contributed by atoms with Gasteiger partial charge in [-0.1, -0.05) is 35.1 Å². The van der Waals surface area contributed by atoms with Gasteiger partial charge in [-0.15, -0.1) is 0 Å². The van der Waals surface area contributed by atoms with Crippen molar-refractivity contribution in [2.75, 3.05) is 11.9 Å². The highest BCUT2D eigenvalue weighted by Gasteiger charge is 2.08. The minimum atomic E-state index is -0.282. The number of carbonyl (C=O) groups excluding carboxylic acids is 1. The second kappa shape index (κ2) is 8.73. The molecule has 152 valence electrons. The molecule has 5 nitrogen and oxygen atoms in total. The van der Waals surface area contributed by atoms with Crippen molar-refractivity contribution in [3.05, 3.63) is 71.0 Å². The number of thiazole rings is 1. The first-order chi connectivity index (χ1) is 14.5. The zero-order chi connectivity index (χ0) is 21.1. The van der Waals surface area contributed by atoms with E-state index in [9.17, 15) is 4.79 Å². The van der Waals surface area contributed by atoms with Gasteiger partial charge in [0.15, 0.2) is 5.13 Å². The zero-order valence-electron chi connectivity index (χ0n) is 16.4. The van der Waals surface area contributed by atoms with Crippen molar-refractivity contribution in [2.45, 2.75) is 13.8 Å². The molecule has 0 bridgehead atoms. The summed E-state index contributed by atoms with van der Waals surface area (Å²) in [7, 11) is 0. The van der Waals surface area contributed by atoms with E-state index in [1.165, 1.54) is 17.4 Å². The maximum absolute atomic E-state index is 12.3. The van der Waals surface area contributed by atoms with E-state index in [1.807, 2.05) is 56.3 Å². The van der Waals surface area contributed by atoms with Gasteiger partial charge in [0.05, 0.1) is 16.8 Å². The van der Waals surface area contributed by atoms with E-state index < -0.39 is 0 Å². The first kappa shape index (κ1) is 20.2. The van der Waals surface area contributed by atoms with Crippen LogP contribution in [0.4, 0.5) is 5.13 Å². The lowest BCUT2D eigenvalue weighted by atomic mass is 10.1. The summed E-state index contributed by atoms with van der Waals surface area (Å²) in [5.41, 5.74) is 2.71. The Labute approximate surface area is 183 Å². The van der Waals surface area contributed by atoms with Crippen molar-refractivity contribution >= 4 is 50.3 Å². The first-order valence-corrected chi connectivity index (χ1v) is 10.6. The van der Waals surface area contributed by atoms with Crippen LogP contribution in [0.2, 0.25) is 5.02 Å². The maximum atomic E-state index is 12.3. The summed E-state index contributed by atoms with van der Waals surface area (Å²) >= 11 is 7.58. The third kappa shape index (κ3) is 4.56. The summed E-state index contributed by atoms with van der Waals surface area (Å²) in [5, 5.41) is 4.00. The fourth-order valence-corrected chi connectivity index (χ4v) is 3.94. The highest BCUT2D eigenvalue weighted by molar-refractivity contribution is 7.22. The largest absolute Gasteiger partial charge is 0.494 e. The van der Waals surface area contributed by atoms with Crippen LogP contribution in [0.3, 0.4) is 0 Å². The molecule has 4 aromatic rings. The number of fused-ring (bicyclic) bond motifs is 1. The van der Waals surface area contributed by atoms with Crippen LogP contribution in [0.1, 0.15) is 18.2 Å². The van der Waals surface area contributed by atoms with Crippen LogP contribution in [0, 0.1) is 6.92 Å². The molecule has 2 aromatic carbocycles. The van der Waals surface area contributed by atoms with Crippen molar-refractivity contribution in [1.29, 1.82) is 0 Å². The molecule has 0 radical (unpaired) electrons. The average Bonchev–Trinajstić information content (AvgIpc) is 3.35. The molecule has 0 aliphatic rings. The van der Waals surface area contributed by atoms with E-state index in [1.54, 1.807) is 12.1 Å². The molecule has 1 N–H and O–H groups in total. The van der Waals surface area contributed by atoms with E-state index in [0.717, 1.165) is 27.1 Å². The van der Waals surface area contributed by atoms with Crippen molar-refractivity contribution in [3.63, 3.8) is 0 Å². The number of benzene rings is 2. The number of aryl methyl sites for hydroxylation is 1. The summed E-state index contributed by atoms with van der Waals surface area (Å²) in [6.07, 6.45) is 3.04. The van der Waals surface area contributed by atoms with Gasteiger partial charge >= 0.3 is 0 Å². The number of amides is 1. The monoisotopic (exact) mass is 438 g/mol. The molecule has 2 heterocycles. The summed E-state index contributed by atoms with van der Waals surface area (Å²) in [6, 6.07) is 15.1. The number of aromatic nitrogens is 1. The van der Waals surface area contributed by atoms with Crippen LogP contribution in [0.25, 0.3) is 27.6 Å². The number of nitrogens with zero attached hydrogens (tertiary/aromatic N) is 1. The highest BCUT2D eigenvalue weighted by Crippen LogP contribution is 2.30. The average molecular weight is 439 g/mol. The Balaban J connectivity index is 1.43. The number of anilines is 1. The SMILES string of the molecule is CCOc1ccc2nc(NC(=O)/C=C/c3ccc(-c4ccc(C)c(Cl)c4)o3)sc2c1. The molecule has 4 rings (SSSR count). The van der Waals surface area contributed by atoms with Gasteiger partial charge in [-0.25, -0.2) is 4.98 Å². The summed E-state index contributed by atoms with van der Waals surface area (Å²) < 4.78 is 12.2. The third-order valence-corrected chi connectivity index (χ3v) is 5.72. The molecule has 0 spiro atoms. The standard InChI is InChI=1S/C23H19ClN2O3S/c1-3-28-17-6-9-19-21(13-17)30-23(25-19)26-22(27)11-8-16-7-10-20(29-16)15-5-4-14(2)18(24)12-15/h4-13H,3H2,1-2H3,(H,25,26,27)/b11-8+. The molecule has 1 amide bonds. The van der Waals surface area contributed by atoms with E-state index in [4.69, 9.17) is 20.8 Å². The van der Waals surface area contributed by atoms with Crippen molar-refractivity contribution in [2.24, 2.45) is 0 Å². The minimum absolute atomic E-state index is 0.282. The molecule has 7 heteroatoms. The molecule has 0 saturated carbocycles. The minimum Gasteiger partial charge on any atom is -0.494 e. The molecular formula is C23H19ClN2O3S. The molecule has 0 saturated heterocycles. The third-order valence-electron chi connectivity index (χ3n) is 4.38. The molecule has 0 aliphatic carbocycles. The first-order valence-electron chi connectivity index (χ1n) is 9.40. The summed E-state index contributed by atoms with van der Waals surface area (Å²) in [5.74, 6) is 1.76. The van der Waals surface area contributed by atoms with Crippen LogP contribution in [-0.2, 0) is 4.79 Å². The number of hydrogen-bond donors (Lipinski definition) is 1. The lowest BCUT2D eigenvalue weighted by Crippen LogP contribution is -2.07. The molecular weight excluding hydrogens is 420 g/mol. The number of furan rings is 1. The second-order valence-corrected chi connectivity index (χ2v) is 8.01. The number of rotatable bonds is 6. The maximum Gasteiger partial charge on any atom is 0.250 e. The smallest absolute Gasteiger partial charge is 0.250 e. The number of hydrogen-bond acceptors (Lipinski definition) is 5. The molecule has 0 fully saturated rings. The fourth-order valence-electron chi connectivity index (χ4n) is 2.86. The highest BCUT2D eigenvalue weighted by atomic mass is 35.5. The van der Waals surface area contributed by atoms with E-state index in [0.29, 0.717) is 28.3 Å². The van der Waals surface area contributed by atoms with Crippen molar-refractivity contribution < 1.29 is 13.9 Å². The van der Waals surface area contributed by atoms with Gasteiger partial charge in [0.2, 0.25) is 5.91 Å². The number of nitrogens with one attached hydrogen (secondary N) is 1. The molecule has 0 aliphatic heterocycles.